The summed E-state index contributed by atoms with van der Waals surface area (Å²) in [6.07, 6.45) is 6.58. The van der Waals surface area contributed by atoms with E-state index >= 15 is 0 Å². The van der Waals surface area contributed by atoms with E-state index in [1.54, 1.807) is 0 Å². The quantitative estimate of drug-likeness (QED) is 0.932. The highest BCUT2D eigenvalue weighted by Crippen LogP contribution is 2.37. The van der Waals surface area contributed by atoms with Crippen LogP contribution in [0.3, 0.4) is 0 Å². The molecule has 25 heavy (non-hydrogen) atoms. The molecule has 1 aromatic carbocycles. The molecule has 1 aliphatic heterocycles. The normalized spacial score (nSPS) is 21.8. The number of fused-ring (bicyclic) bond motifs is 3. The average molecular weight is 339 g/mol. The van der Waals surface area contributed by atoms with Gasteiger partial charge in [0.25, 0.3) is 0 Å². The summed E-state index contributed by atoms with van der Waals surface area (Å²) in [4.78, 5) is 12.6. The lowest BCUT2D eigenvalue weighted by molar-refractivity contribution is -0.123. The molecule has 5 heteroatoms. The molecule has 1 aliphatic carbocycles. The molecule has 2 heterocycles. The fraction of sp³-hybridized carbons (Fsp3) is 0.500. The van der Waals surface area contributed by atoms with E-state index in [9.17, 15) is 4.79 Å². The number of hydrogen-bond donors (Lipinski definition) is 1. The Balaban J connectivity index is 1.55. The average Bonchev–Trinajstić information content (AvgIpc) is 3.00. The second-order valence-corrected chi connectivity index (χ2v) is 7.40. The summed E-state index contributed by atoms with van der Waals surface area (Å²) in [5.74, 6) is 1.47. The first-order chi connectivity index (χ1) is 12.1. The number of hydrogen-bond acceptors (Lipinski definition) is 3. The van der Waals surface area contributed by atoms with Crippen molar-refractivity contribution in [3.8, 4) is 17.0 Å². The van der Waals surface area contributed by atoms with E-state index in [4.69, 9.17) is 4.74 Å². The van der Waals surface area contributed by atoms with Gasteiger partial charge < -0.3 is 10.1 Å². The van der Waals surface area contributed by atoms with Crippen molar-refractivity contribution >= 4 is 5.91 Å². The molecular formula is C20H25N3O2. The zero-order valence-electron chi connectivity index (χ0n) is 14.9. The molecule has 0 radical (unpaired) electrons. The summed E-state index contributed by atoms with van der Waals surface area (Å²) in [5, 5.41) is 7.67. The number of aromatic nitrogens is 2. The predicted octanol–water partition coefficient (Wildman–Crippen LogP) is 3.45. The van der Waals surface area contributed by atoms with Crippen LogP contribution in [0.25, 0.3) is 11.3 Å². The number of amides is 1. The lowest BCUT2D eigenvalue weighted by Crippen LogP contribution is -2.42. The largest absolute Gasteiger partial charge is 0.488 e. The Hall–Kier alpha value is -2.30. The van der Waals surface area contributed by atoms with Gasteiger partial charge in [-0.3, -0.25) is 9.48 Å². The van der Waals surface area contributed by atoms with Crippen LogP contribution < -0.4 is 10.1 Å². The second kappa shape index (κ2) is 6.54. The maximum Gasteiger partial charge on any atom is 0.241 e. The molecule has 2 atom stereocenters. The Labute approximate surface area is 148 Å². The molecule has 1 aromatic heterocycles. The van der Waals surface area contributed by atoms with E-state index in [1.807, 2.05) is 23.0 Å². The van der Waals surface area contributed by atoms with Gasteiger partial charge in [-0.15, -0.1) is 0 Å². The summed E-state index contributed by atoms with van der Waals surface area (Å²) in [6.45, 7) is 5.06. The van der Waals surface area contributed by atoms with Crippen molar-refractivity contribution in [1.29, 1.82) is 0 Å². The number of ether oxygens (including phenoxy) is 1. The third kappa shape index (κ3) is 3.15. The van der Waals surface area contributed by atoms with Gasteiger partial charge in [-0.25, -0.2) is 0 Å². The molecule has 1 fully saturated rings. The van der Waals surface area contributed by atoms with Crippen LogP contribution in [0.15, 0.2) is 24.4 Å². The Morgan fingerprint density at radius 1 is 1.36 bits per heavy atom. The van der Waals surface area contributed by atoms with Crippen LogP contribution in [0.2, 0.25) is 0 Å². The highest BCUT2D eigenvalue weighted by atomic mass is 16.5. The molecule has 2 aromatic rings. The third-order valence-corrected chi connectivity index (χ3v) is 5.44. The van der Waals surface area contributed by atoms with Gasteiger partial charge in [-0.2, -0.15) is 5.10 Å². The molecule has 2 aliphatic rings. The van der Waals surface area contributed by atoms with Gasteiger partial charge in [0.2, 0.25) is 5.91 Å². The van der Waals surface area contributed by atoms with Gasteiger partial charge in [0, 0.05) is 17.2 Å². The zero-order chi connectivity index (χ0) is 17.4. The molecule has 132 valence electrons. The lowest BCUT2D eigenvalue weighted by atomic mass is 9.86. The monoisotopic (exact) mass is 339 g/mol. The Kier molecular flexibility index (Phi) is 4.24. The molecule has 0 spiro atoms. The fourth-order valence-electron chi connectivity index (χ4n) is 3.99. The summed E-state index contributed by atoms with van der Waals surface area (Å²) >= 11 is 0. The van der Waals surface area contributed by atoms with Crippen LogP contribution in [0.5, 0.6) is 5.75 Å². The Bertz CT molecular complexity index is 796. The van der Waals surface area contributed by atoms with Crippen molar-refractivity contribution in [2.45, 2.75) is 58.7 Å². The van der Waals surface area contributed by atoms with Gasteiger partial charge in [0.15, 0.2) is 0 Å². The lowest BCUT2D eigenvalue weighted by Gasteiger charge is -2.29. The van der Waals surface area contributed by atoms with Crippen LogP contribution in [0.1, 0.15) is 43.7 Å². The molecule has 4 rings (SSSR count). The highest BCUT2D eigenvalue weighted by Gasteiger charge is 2.26. The summed E-state index contributed by atoms with van der Waals surface area (Å²) in [5.41, 5.74) is 4.25. The van der Waals surface area contributed by atoms with Crippen LogP contribution >= 0.6 is 0 Å². The SMILES string of the molecule is Cc1ccc2c(c1)-c1c(cnn1CC(=O)N[C@H]1CCCC[C@@H]1C)CO2. The fourth-order valence-corrected chi connectivity index (χ4v) is 3.99. The van der Waals surface area contributed by atoms with Crippen molar-refractivity contribution in [3.05, 3.63) is 35.5 Å². The molecule has 1 saturated carbocycles. The summed E-state index contributed by atoms with van der Waals surface area (Å²) < 4.78 is 7.62. The van der Waals surface area contributed by atoms with E-state index in [-0.39, 0.29) is 12.5 Å². The van der Waals surface area contributed by atoms with Crippen molar-refractivity contribution in [3.63, 3.8) is 0 Å². The van der Waals surface area contributed by atoms with Crippen molar-refractivity contribution in [2.75, 3.05) is 0 Å². The Morgan fingerprint density at radius 2 is 2.20 bits per heavy atom. The number of aryl methyl sites for hydroxylation is 1. The van der Waals surface area contributed by atoms with E-state index < -0.39 is 0 Å². The van der Waals surface area contributed by atoms with Gasteiger partial charge in [-0.1, -0.05) is 31.4 Å². The minimum absolute atomic E-state index is 0.0466. The highest BCUT2D eigenvalue weighted by molar-refractivity contribution is 5.78. The predicted molar refractivity (Wildman–Crippen MR) is 96.3 cm³/mol. The molecule has 1 amide bonds. The van der Waals surface area contributed by atoms with Crippen molar-refractivity contribution in [2.24, 2.45) is 5.92 Å². The van der Waals surface area contributed by atoms with E-state index in [0.717, 1.165) is 29.0 Å². The molecule has 0 bridgehead atoms. The van der Waals surface area contributed by atoms with Crippen molar-refractivity contribution in [1.82, 2.24) is 15.1 Å². The number of carbonyl (C=O) groups is 1. The number of carbonyl (C=O) groups excluding carboxylic acids is 1. The number of rotatable bonds is 3. The standard InChI is InChI=1S/C20H25N3O2/c1-13-7-8-18-16(9-13)20-15(12-25-18)10-21-23(20)11-19(24)22-17-6-4-3-5-14(17)2/h7-10,14,17H,3-6,11-12H2,1-2H3,(H,22,24)/t14-,17-/m0/s1. The summed E-state index contributed by atoms with van der Waals surface area (Å²) in [7, 11) is 0. The smallest absolute Gasteiger partial charge is 0.241 e. The minimum atomic E-state index is 0.0466. The zero-order valence-corrected chi connectivity index (χ0v) is 14.9. The summed E-state index contributed by atoms with van der Waals surface area (Å²) in [6, 6.07) is 6.44. The van der Waals surface area contributed by atoms with E-state index in [2.05, 4.69) is 30.3 Å². The second-order valence-electron chi connectivity index (χ2n) is 7.40. The number of benzene rings is 1. The van der Waals surface area contributed by atoms with E-state index in [0.29, 0.717) is 18.6 Å². The van der Waals surface area contributed by atoms with Gasteiger partial charge in [0.1, 0.15) is 18.9 Å². The molecule has 1 N–H and O–H groups in total. The van der Waals surface area contributed by atoms with Gasteiger partial charge >= 0.3 is 0 Å². The minimum Gasteiger partial charge on any atom is -0.488 e. The van der Waals surface area contributed by atoms with Crippen LogP contribution in [-0.2, 0) is 17.9 Å². The van der Waals surface area contributed by atoms with Gasteiger partial charge in [-0.05, 0) is 37.8 Å². The van der Waals surface area contributed by atoms with Crippen LogP contribution in [0, 0.1) is 12.8 Å². The van der Waals surface area contributed by atoms with Gasteiger partial charge in [0.05, 0.1) is 11.9 Å². The maximum atomic E-state index is 12.6. The first-order valence-electron chi connectivity index (χ1n) is 9.19. The van der Waals surface area contributed by atoms with Crippen molar-refractivity contribution < 1.29 is 9.53 Å². The van der Waals surface area contributed by atoms with E-state index in [1.165, 1.54) is 24.8 Å². The first kappa shape index (κ1) is 16.2. The molecule has 0 unspecified atom stereocenters. The Morgan fingerprint density at radius 3 is 3.04 bits per heavy atom. The van der Waals surface area contributed by atoms with Crippen LogP contribution in [-0.4, -0.2) is 21.7 Å². The van der Waals surface area contributed by atoms with Crippen LogP contribution in [0.4, 0.5) is 0 Å². The first-order valence-corrected chi connectivity index (χ1v) is 9.19. The molecule has 5 nitrogen and oxygen atoms in total. The third-order valence-electron chi connectivity index (χ3n) is 5.44. The number of nitrogens with zero attached hydrogens (tertiary/aromatic N) is 2. The maximum absolute atomic E-state index is 12.6. The topological polar surface area (TPSA) is 56.2 Å². The number of nitrogens with one attached hydrogen (secondary N) is 1. The molecular weight excluding hydrogens is 314 g/mol. The molecule has 0 saturated heterocycles.